The summed E-state index contributed by atoms with van der Waals surface area (Å²) < 4.78 is 11.4. The number of piperazine rings is 1. The molecule has 2 amide bonds. The minimum Gasteiger partial charge on any atom is -0.486 e. The second-order valence-electron chi connectivity index (χ2n) is 7.39. The molecule has 2 fully saturated rings. The Morgan fingerprint density at radius 1 is 1.04 bits per heavy atom. The number of carbonyl (C=O) groups excluding carboxylic acids is 2. The molecule has 26 heavy (non-hydrogen) atoms. The first-order chi connectivity index (χ1) is 12.8. The van der Waals surface area contributed by atoms with Crippen LogP contribution in [0.3, 0.4) is 0 Å². The first-order valence-electron chi connectivity index (χ1n) is 9.64. The van der Waals surface area contributed by atoms with E-state index in [2.05, 4.69) is 0 Å². The summed E-state index contributed by atoms with van der Waals surface area (Å²) in [6.45, 7) is 3.59. The predicted octanol–water partition coefficient (Wildman–Crippen LogP) is 2.03. The third kappa shape index (κ3) is 3.37. The smallest absolute Gasteiger partial charge is 0.230 e. The summed E-state index contributed by atoms with van der Waals surface area (Å²) in [5.41, 5.74) is 1.03. The Kier molecular flexibility index (Phi) is 5.00. The Morgan fingerprint density at radius 3 is 2.42 bits per heavy atom. The van der Waals surface area contributed by atoms with E-state index in [0.717, 1.165) is 36.3 Å². The van der Waals surface area contributed by atoms with E-state index in [1.54, 1.807) is 4.90 Å². The molecule has 6 heteroatoms. The second-order valence-corrected chi connectivity index (χ2v) is 7.39. The van der Waals surface area contributed by atoms with Crippen LogP contribution >= 0.6 is 0 Å². The summed E-state index contributed by atoms with van der Waals surface area (Å²) in [5, 5.41) is 0. The Labute approximate surface area is 154 Å². The van der Waals surface area contributed by atoms with Crippen molar-refractivity contribution in [2.24, 2.45) is 5.92 Å². The highest BCUT2D eigenvalue weighted by atomic mass is 16.6. The van der Waals surface area contributed by atoms with Crippen LogP contribution in [0.15, 0.2) is 18.2 Å². The summed E-state index contributed by atoms with van der Waals surface area (Å²) in [5.74, 6) is 1.96. The van der Waals surface area contributed by atoms with Gasteiger partial charge in [-0.3, -0.25) is 9.59 Å². The number of hydrogen-bond acceptors (Lipinski definition) is 4. The zero-order valence-electron chi connectivity index (χ0n) is 15.1. The predicted molar refractivity (Wildman–Crippen MR) is 96.3 cm³/mol. The zero-order chi connectivity index (χ0) is 17.9. The highest BCUT2D eigenvalue weighted by Gasteiger charge is 2.36. The normalized spacial score (nSPS) is 21.5. The molecule has 1 saturated carbocycles. The van der Waals surface area contributed by atoms with E-state index >= 15 is 0 Å². The average Bonchev–Trinajstić information content (AvgIpc) is 3.22. The number of benzene rings is 1. The summed E-state index contributed by atoms with van der Waals surface area (Å²) >= 11 is 0. The van der Waals surface area contributed by atoms with Crippen LogP contribution in [0.1, 0.15) is 37.2 Å². The fourth-order valence-corrected chi connectivity index (χ4v) is 4.40. The van der Waals surface area contributed by atoms with E-state index < -0.39 is 0 Å². The van der Waals surface area contributed by atoms with Gasteiger partial charge in [0.05, 0.1) is 5.92 Å². The molecule has 0 bridgehead atoms. The molecule has 3 aliphatic rings. The maximum Gasteiger partial charge on any atom is 0.230 e. The van der Waals surface area contributed by atoms with Gasteiger partial charge in [-0.25, -0.2) is 0 Å². The lowest BCUT2D eigenvalue weighted by Crippen LogP contribution is -2.50. The molecule has 1 atom stereocenters. The van der Waals surface area contributed by atoms with Crippen LogP contribution in [0, 0.1) is 5.92 Å². The zero-order valence-corrected chi connectivity index (χ0v) is 15.1. The molecule has 0 spiro atoms. The van der Waals surface area contributed by atoms with Crippen LogP contribution in [0.25, 0.3) is 0 Å². The van der Waals surface area contributed by atoms with Gasteiger partial charge in [0.1, 0.15) is 13.2 Å². The van der Waals surface area contributed by atoms with E-state index in [0.29, 0.717) is 45.3 Å². The second kappa shape index (κ2) is 7.56. The molecule has 0 N–H and O–H groups in total. The highest BCUT2D eigenvalue weighted by Crippen LogP contribution is 2.41. The lowest BCUT2D eigenvalue weighted by Gasteiger charge is -2.36. The molecule has 1 aliphatic carbocycles. The fourth-order valence-electron chi connectivity index (χ4n) is 4.40. The fraction of sp³-hybridized carbons (Fsp3) is 0.600. The third-order valence-electron chi connectivity index (χ3n) is 5.84. The molecule has 1 aromatic carbocycles. The van der Waals surface area contributed by atoms with Gasteiger partial charge in [0, 0.05) is 26.2 Å². The molecular weight excluding hydrogens is 332 g/mol. The SMILES string of the molecule is O=CN1CCN(C(=O)C(c2ccc3c(c2)OCCO3)C2CCCC2)CC1. The van der Waals surface area contributed by atoms with Crippen molar-refractivity contribution in [3.63, 3.8) is 0 Å². The van der Waals surface area contributed by atoms with Crippen LogP contribution in [0.4, 0.5) is 0 Å². The number of rotatable bonds is 4. The van der Waals surface area contributed by atoms with Crippen molar-refractivity contribution in [2.75, 3.05) is 39.4 Å². The van der Waals surface area contributed by atoms with Crippen molar-refractivity contribution < 1.29 is 19.1 Å². The van der Waals surface area contributed by atoms with Crippen LogP contribution in [-0.2, 0) is 9.59 Å². The van der Waals surface area contributed by atoms with Crippen molar-refractivity contribution >= 4 is 12.3 Å². The minimum atomic E-state index is -0.129. The molecule has 1 unspecified atom stereocenters. The largest absolute Gasteiger partial charge is 0.486 e. The third-order valence-corrected chi connectivity index (χ3v) is 5.84. The number of ether oxygens (including phenoxy) is 2. The molecule has 140 valence electrons. The van der Waals surface area contributed by atoms with Gasteiger partial charge < -0.3 is 19.3 Å². The standard InChI is InChI=1S/C20H26N2O4/c23-14-21-7-9-22(10-8-21)20(24)19(15-3-1-2-4-15)16-5-6-17-18(13-16)26-12-11-25-17/h5-6,13-15,19H,1-4,7-12H2. The lowest BCUT2D eigenvalue weighted by molar-refractivity contribution is -0.137. The molecule has 0 radical (unpaired) electrons. The van der Waals surface area contributed by atoms with Crippen LogP contribution in [-0.4, -0.2) is 61.5 Å². The number of nitrogens with zero attached hydrogens (tertiary/aromatic N) is 2. The number of amides is 2. The van der Waals surface area contributed by atoms with Gasteiger partial charge in [0.25, 0.3) is 0 Å². The Balaban J connectivity index is 1.58. The lowest BCUT2D eigenvalue weighted by atomic mass is 9.83. The molecular formula is C20H26N2O4. The highest BCUT2D eigenvalue weighted by molar-refractivity contribution is 5.84. The van der Waals surface area contributed by atoms with Crippen molar-refractivity contribution in [2.45, 2.75) is 31.6 Å². The number of hydrogen-bond donors (Lipinski definition) is 0. The van der Waals surface area contributed by atoms with Crippen LogP contribution < -0.4 is 9.47 Å². The number of fused-ring (bicyclic) bond motifs is 1. The first kappa shape index (κ1) is 17.2. The van der Waals surface area contributed by atoms with Gasteiger partial charge in [-0.15, -0.1) is 0 Å². The molecule has 0 aromatic heterocycles. The minimum absolute atomic E-state index is 0.129. The summed E-state index contributed by atoms with van der Waals surface area (Å²) in [6, 6.07) is 5.95. The van der Waals surface area contributed by atoms with E-state index in [4.69, 9.17) is 9.47 Å². The van der Waals surface area contributed by atoms with Gasteiger partial charge in [-0.1, -0.05) is 18.9 Å². The summed E-state index contributed by atoms with van der Waals surface area (Å²) in [7, 11) is 0. The maximum atomic E-state index is 13.4. The van der Waals surface area contributed by atoms with Crippen molar-refractivity contribution in [1.82, 2.24) is 9.80 Å². The van der Waals surface area contributed by atoms with Gasteiger partial charge in [0.2, 0.25) is 12.3 Å². The van der Waals surface area contributed by atoms with Crippen molar-refractivity contribution in [1.29, 1.82) is 0 Å². The number of carbonyl (C=O) groups is 2. The van der Waals surface area contributed by atoms with Crippen molar-refractivity contribution in [3.8, 4) is 11.5 Å². The van der Waals surface area contributed by atoms with Gasteiger partial charge in [-0.2, -0.15) is 0 Å². The van der Waals surface area contributed by atoms with E-state index in [1.807, 2.05) is 23.1 Å². The van der Waals surface area contributed by atoms with Crippen LogP contribution in [0.5, 0.6) is 11.5 Å². The average molecular weight is 358 g/mol. The molecule has 4 rings (SSSR count). The molecule has 2 aliphatic heterocycles. The van der Waals surface area contributed by atoms with Gasteiger partial charge in [-0.05, 0) is 36.5 Å². The van der Waals surface area contributed by atoms with E-state index in [1.165, 1.54) is 12.8 Å². The van der Waals surface area contributed by atoms with E-state index in [9.17, 15) is 9.59 Å². The Morgan fingerprint density at radius 2 is 1.73 bits per heavy atom. The summed E-state index contributed by atoms with van der Waals surface area (Å²) in [4.78, 5) is 28.0. The molecule has 6 nitrogen and oxygen atoms in total. The monoisotopic (exact) mass is 358 g/mol. The van der Waals surface area contributed by atoms with E-state index in [-0.39, 0.29) is 11.8 Å². The first-order valence-corrected chi connectivity index (χ1v) is 9.64. The molecule has 1 aromatic rings. The maximum absolute atomic E-state index is 13.4. The molecule has 1 saturated heterocycles. The molecule has 2 heterocycles. The van der Waals surface area contributed by atoms with Gasteiger partial charge >= 0.3 is 0 Å². The Bertz CT molecular complexity index is 664. The Hall–Kier alpha value is -2.24. The van der Waals surface area contributed by atoms with Crippen molar-refractivity contribution in [3.05, 3.63) is 23.8 Å². The quantitative estimate of drug-likeness (QED) is 0.773. The van der Waals surface area contributed by atoms with Crippen LogP contribution in [0.2, 0.25) is 0 Å². The van der Waals surface area contributed by atoms with Gasteiger partial charge in [0.15, 0.2) is 11.5 Å². The topological polar surface area (TPSA) is 59.1 Å². The summed E-state index contributed by atoms with van der Waals surface area (Å²) in [6.07, 6.45) is 5.45.